The number of halogens is 2. The smallest absolute Gasteiger partial charge is 0.124 e. The van der Waals surface area contributed by atoms with Gasteiger partial charge in [-0.3, -0.25) is 0 Å². The number of nitrogens with zero attached hydrogens (tertiary/aromatic N) is 1. The van der Waals surface area contributed by atoms with E-state index in [1.165, 1.54) is 6.07 Å². The second kappa shape index (κ2) is 4.65. The highest BCUT2D eigenvalue weighted by atomic mass is 127. The summed E-state index contributed by atoms with van der Waals surface area (Å²) < 4.78 is 13.9. The third-order valence-corrected chi connectivity index (χ3v) is 3.48. The lowest BCUT2D eigenvalue weighted by atomic mass is 10.2. The molecule has 2 rings (SSSR count). The predicted octanol–water partition coefficient (Wildman–Crippen LogP) is 2.23. The highest BCUT2D eigenvalue weighted by molar-refractivity contribution is 14.1. The van der Waals surface area contributed by atoms with Gasteiger partial charge in [-0.2, -0.15) is 0 Å². The predicted molar refractivity (Wildman–Crippen MR) is 68.8 cm³/mol. The van der Waals surface area contributed by atoms with Crippen LogP contribution in [0.5, 0.6) is 0 Å². The summed E-state index contributed by atoms with van der Waals surface area (Å²) in [4.78, 5) is 2.31. The molecule has 1 aromatic rings. The van der Waals surface area contributed by atoms with Crippen molar-refractivity contribution in [2.45, 2.75) is 13.0 Å². The molecule has 2 nitrogen and oxygen atoms in total. The van der Waals surface area contributed by atoms with Crippen molar-refractivity contribution in [1.82, 2.24) is 5.32 Å². The SMILES string of the molecule is CC1CN(c2ccc(F)cc2I)CCN1. The molecule has 1 aromatic carbocycles. The molecule has 82 valence electrons. The van der Waals surface area contributed by atoms with Crippen LogP contribution in [0.1, 0.15) is 6.92 Å². The molecule has 0 spiro atoms. The lowest BCUT2D eigenvalue weighted by molar-refractivity contribution is 0.484. The van der Waals surface area contributed by atoms with Gasteiger partial charge < -0.3 is 10.2 Å². The molecule has 15 heavy (non-hydrogen) atoms. The van der Waals surface area contributed by atoms with Crippen LogP contribution in [0, 0.1) is 9.39 Å². The lowest BCUT2D eigenvalue weighted by Crippen LogP contribution is -2.49. The minimum Gasteiger partial charge on any atom is -0.368 e. The van der Waals surface area contributed by atoms with E-state index in [1.807, 2.05) is 6.07 Å². The first-order valence-electron chi connectivity index (χ1n) is 5.10. The number of benzene rings is 1. The molecule has 1 atom stereocenters. The summed E-state index contributed by atoms with van der Waals surface area (Å²) in [6.45, 7) is 5.14. The van der Waals surface area contributed by atoms with E-state index in [1.54, 1.807) is 6.07 Å². The number of rotatable bonds is 1. The van der Waals surface area contributed by atoms with E-state index >= 15 is 0 Å². The molecule has 1 N–H and O–H groups in total. The molecule has 1 aliphatic heterocycles. The summed E-state index contributed by atoms with van der Waals surface area (Å²) in [6.07, 6.45) is 0. The molecule has 0 saturated carbocycles. The first-order chi connectivity index (χ1) is 7.16. The van der Waals surface area contributed by atoms with Gasteiger partial charge in [0, 0.05) is 29.2 Å². The normalized spacial score (nSPS) is 21.8. The van der Waals surface area contributed by atoms with E-state index in [4.69, 9.17) is 0 Å². The second-order valence-electron chi connectivity index (χ2n) is 3.90. The molecular formula is C11H14FIN2. The Balaban J connectivity index is 2.21. The van der Waals surface area contributed by atoms with Gasteiger partial charge in [-0.05, 0) is 47.7 Å². The minimum absolute atomic E-state index is 0.161. The van der Waals surface area contributed by atoms with Crippen molar-refractivity contribution >= 4 is 28.3 Å². The molecule has 0 radical (unpaired) electrons. The van der Waals surface area contributed by atoms with Gasteiger partial charge in [0.05, 0.1) is 5.69 Å². The average molecular weight is 320 g/mol. The van der Waals surface area contributed by atoms with E-state index in [-0.39, 0.29) is 5.82 Å². The van der Waals surface area contributed by atoms with Crippen LogP contribution < -0.4 is 10.2 Å². The Morgan fingerprint density at radius 1 is 1.53 bits per heavy atom. The van der Waals surface area contributed by atoms with Gasteiger partial charge >= 0.3 is 0 Å². The van der Waals surface area contributed by atoms with E-state index in [0.29, 0.717) is 6.04 Å². The summed E-state index contributed by atoms with van der Waals surface area (Å²) in [5, 5.41) is 3.39. The Morgan fingerprint density at radius 3 is 3.00 bits per heavy atom. The lowest BCUT2D eigenvalue weighted by Gasteiger charge is -2.34. The maximum absolute atomic E-state index is 13.0. The molecule has 0 aliphatic carbocycles. The van der Waals surface area contributed by atoms with Gasteiger partial charge in [-0.25, -0.2) is 4.39 Å². The zero-order valence-electron chi connectivity index (χ0n) is 8.63. The maximum Gasteiger partial charge on any atom is 0.124 e. The molecule has 1 saturated heterocycles. The third kappa shape index (κ3) is 2.60. The van der Waals surface area contributed by atoms with Gasteiger partial charge in [0.2, 0.25) is 0 Å². The zero-order chi connectivity index (χ0) is 10.8. The Hall–Kier alpha value is -0.360. The van der Waals surface area contributed by atoms with Crippen LogP contribution in [0.3, 0.4) is 0 Å². The van der Waals surface area contributed by atoms with Crippen LogP contribution >= 0.6 is 22.6 Å². The van der Waals surface area contributed by atoms with Crippen molar-refractivity contribution < 1.29 is 4.39 Å². The van der Waals surface area contributed by atoms with Crippen molar-refractivity contribution in [2.75, 3.05) is 24.5 Å². The van der Waals surface area contributed by atoms with Crippen molar-refractivity contribution in [3.8, 4) is 0 Å². The number of hydrogen-bond acceptors (Lipinski definition) is 2. The van der Waals surface area contributed by atoms with E-state index in [0.717, 1.165) is 28.9 Å². The summed E-state index contributed by atoms with van der Waals surface area (Å²) in [6, 6.07) is 5.49. The molecule has 1 unspecified atom stereocenters. The maximum atomic E-state index is 13.0. The summed E-state index contributed by atoms with van der Waals surface area (Å²) in [7, 11) is 0. The van der Waals surface area contributed by atoms with E-state index in [9.17, 15) is 4.39 Å². The van der Waals surface area contributed by atoms with Gasteiger partial charge in [0.25, 0.3) is 0 Å². The van der Waals surface area contributed by atoms with Crippen LogP contribution in [0.2, 0.25) is 0 Å². The molecule has 1 heterocycles. The fourth-order valence-corrected chi connectivity index (χ4v) is 2.71. The quantitative estimate of drug-likeness (QED) is 0.799. The topological polar surface area (TPSA) is 15.3 Å². The first-order valence-corrected chi connectivity index (χ1v) is 6.18. The molecular weight excluding hydrogens is 306 g/mol. The second-order valence-corrected chi connectivity index (χ2v) is 5.06. The summed E-state index contributed by atoms with van der Waals surface area (Å²) in [5.41, 5.74) is 1.14. The van der Waals surface area contributed by atoms with Gasteiger partial charge in [0.15, 0.2) is 0 Å². The zero-order valence-corrected chi connectivity index (χ0v) is 10.8. The fourth-order valence-electron chi connectivity index (χ4n) is 1.89. The van der Waals surface area contributed by atoms with Crippen LogP contribution in [-0.4, -0.2) is 25.7 Å². The Bertz CT molecular complexity index is 356. The molecule has 0 amide bonds. The Morgan fingerprint density at radius 2 is 2.33 bits per heavy atom. The number of nitrogens with one attached hydrogen (secondary N) is 1. The van der Waals surface area contributed by atoms with Gasteiger partial charge in [0.1, 0.15) is 5.82 Å². The number of anilines is 1. The highest BCUT2D eigenvalue weighted by Gasteiger charge is 2.17. The standard InChI is InChI=1S/C11H14FIN2/c1-8-7-15(5-4-14-8)11-3-2-9(12)6-10(11)13/h2-3,6,8,14H,4-5,7H2,1H3. The summed E-state index contributed by atoms with van der Waals surface area (Å²) in [5.74, 6) is -0.161. The van der Waals surface area contributed by atoms with Crippen LogP contribution in [0.25, 0.3) is 0 Å². The molecule has 1 fully saturated rings. The highest BCUT2D eigenvalue weighted by Crippen LogP contribution is 2.24. The molecule has 4 heteroatoms. The number of piperazine rings is 1. The monoisotopic (exact) mass is 320 g/mol. The van der Waals surface area contributed by atoms with Crippen LogP contribution in [-0.2, 0) is 0 Å². The summed E-state index contributed by atoms with van der Waals surface area (Å²) >= 11 is 2.19. The molecule has 1 aliphatic rings. The first kappa shape index (κ1) is 11.1. The van der Waals surface area contributed by atoms with Crippen LogP contribution in [0.15, 0.2) is 18.2 Å². The van der Waals surface area contributed by atoms with Gasteiger partial charge in [-0.15, -0.1) is 0 Å². The van der Waals surface area contributed by atoms with E-state index < -0.39 is 0 Å². The van der Waals surface area contributed by atoms with Crippen molar-refractivity contribution in [3.63, 3.8) is 0 Å². The largest absolute Gasteiger partial charge is 0.368 e. The minimum atomic E-state index is -0.161. The number of hydrogen-bond donors (Lipinski definition) is 1. The molecule has 0 aromatic heterocycles. The molecule has 0 bridgehead atoms. The van der Waals surface area contributed by atoms with Crippen LogP contribution in [0.4, 0.5) is 10.1 Å². The van der Waals surface area contributed by atoms with E-state index in [2.05, 4.69) is 39.7 Å². The van der Waals surface area contributed by atoms with Gasteiger partial charge in [-0.1, -0.05) is 0 Å². The third-order valence-electron chi connectivity index (χ3n) is 2.62. The Labute approximate surface area is 103 Å². The fraction of sp³-hybridized carbons (Fsp3) is 0.455. The Kier molecular flexibility index (Phi) is 3.45. The van der Waals surface area contributed by atoms with Crippen molar-refractivity contribution in [2.24, 2.45) is 0 Å². The van der Waals surface area contributed by atoms with Crippen molar-refractivity contribution in [1.29, 1.82) is 0 Å². The van der Waals surface area contributed by atoms with Crippen molar-refractivity contribution in [3.05, 3.63) is 27.6 Å². The average Bonchev–Trinajstić information content (AvgIpc) is 2.17.